The lowest BCUT2D eigenvalue weighted by atomic mass is 10.1. The highest BCUT2D eigenvalue weighted by molar-refractivity contribution is 7.99. The van der Waals surface area contributed by atoms with Crippen LogP contribution >= 0.6 is 11.8 Å². The van der Waals surface area contributed by atoms with Crippen molar-refractivity contribution < 1.29 is 13.2 Å². The van der Waals surface area contributed by atoms with Gasteiger partial charge in [0.25, 0.3) is 5.91 Å². The van der Waals surface area contributed by atoms with E-state index in [-0.39, 0.29) is 17.6 Å². The molecule has 5 nitrogen and oxygen atoms in total. The Kier molecular flexibility index (Phi) is 5.46. The maximum atomic E-state index is 12.6. The molecule has 0 aromatic heterocycles. The van der Waals surface area contributed by atoms with Crippen molar-refractivity contribution in [1.29, 1.82) is 0 Å². The summed E-state index contributed by atoms with van der Waals surface area (Å²) in [4.78, 5) is 16.5. The molecular formula is C18H20N2O3S2. The molecule has 3 rings (SSSR count). The molecule has 7 heteroatoms. The van der Waals surface area contributed by atoms with E-state index in [9.17, 15) is 13.2 Å². The summed E-state index contributed by atoms with van der Waals surface area (Å²) in [6.45, 7) is 1.01. The van der Waals surface area contributed by atoms with Gasteiger partial charge in [-0.25, -0.2) is 13.6 Å². The zero-order valence-electron chi connectivity index (χ0n) is 13.7. The molecule has 1 aliphatic heterocycles. The monoisotopic (exact) mass is 376 g/mol. The number of nitrogens with two attached hydrogens (primary N) is 1. The standard InChI is InChI=1S/C18H20N2O3S2/c19-25(22,23)13-14-10-11-20(12-14)18(21)15-6-8-17(9-7-15)24-16-4-2-1-3-5-16/h1-9,14H,10-13H2,(H2,19,22,23). The van der Waals surface area contributed by atoms with Crippen molar-refractivity contribution in [2.45, 2.75) is 16.2 Å². The molecule has 0 saturated carbocycles. The number of hydrogen-bond donors (Lipinski definition) is 1. The molecular weight excluding hydrogens is 356 g/mol. The highest BCUT2D eigenvalue weighted by Crippen LogP contribution is 2.28. The van der Waals surface area contributed by atoms with Crippen LogP contribution in [0.2, 0.25) is 0 Å². The lowest BCUT2D eigenvalue weighted by Crippen LogP contribution is -2.30. The Balaban J connectivity index is 1.61. The quantitative estimate of drug-likeness (QED) is 0.870. The van der Waals surface area contributed by atoms with Crippen molar-refractivity contribution in [3.63, 3.8) is 0 Å². The van der Waals surface area contributed by atoms with E-state index in [0.717, 1.165) is 9.79 Å². The fourth-order valence-corrected chi connectivity index (χ4v) is 4.72. The topological polar surface area (TPSA) is 80.5 Å². The molecule has 1 unspecified atom stereocenters. The number of sulfonamides is 1. The summed E-state index contributed by atoms with van der Waals surface area (Å²) in [5.41, 5.74) is 0.619. The first kappa shape index (κ1) is 18.0. The number of hydrogen-bond acceptors (Lipinski definition) is 4. The third-order valence-electron chi connectivity index (χ3n) is 4.12. The molecule has 1 saturated heterocycles. The van der Waals surface area contributed by atoms with Crippen LogP contribution in [0.15, 0.2) is 64.4 Å². The van der Waals surface area contributed by atoms with Crippen molar-refractivity contribution in [2.24, 2.45) is 11.1 Å². The molecule has 132 valence electrons. The van der Waals surface area contributed by atoms with E-state index >= 15 is 0 Å². The fraction of sp³-hybridized carbons (Fsp3) is 0.278. The van der Waals surface area contributed by atoms with E-state index in [1.807, 2.05) is 54.6 Å². The lowest BCUT2D eigenvalue weighted by Gasteiger charge is -2.16. The molecule has 0 spiro atoms. The third kappa shape index (κ3) is 5.07. The van der Waals surface area contributed by atoms with Gasteiger partial charge in [-0.2, -0.15) is 0 Å². The van der Waals surface area contributed by atoms with Gasteiger partial charge in [-0.3, -0.25) is 4.79 Å². The predicted octanol–water partition coefficient (Wildman–Crippen LogP) is 2.59. The van der Waals surface area contributed by atoms with Crippen molar-refractivity contribution in [2.75, 3.05) is 18.8 Å². The van der Waals surface area contributed by atoms with E-state index < -0.39 is 10.0 Å². The minimum Gasteiger partial charge on any atom is -0.338 e. The van der Waals surface area contributed by atoms with Gasteiger partial charge in [-0.05, 0) is 48.7 Å². The third-order valence-corrected chi connectivity index (χ3v) is 6.07. The van der Waals surface area contributed by atoms with Crippen LogP contribution in [-0.4, -0.2) is 38.1 Å². The smallest absolute Gasteiger partial charge is 0.253 e. The minimum atomic E-state index is -3.50. The zero-order valence-corrected chi connectivity index (χ0v) is 15.3. The summed E-state index contributed by atoms with van der Waals surface area (Å²) in [7, 11) is -3.50. The normalized spacial score (nSPS) is 17.6. The van der Waals surface area contributed by atoms with E-state index in [0.29, 0.717) is 25.1 Å². The van der Waals surface area contributed by atoms with Crippen LogP contribution in [-0.2, 0) is 10.0 Å². The van der Waals surface area contributed by atoms with Crippen LogP contribution < -0.4 is 5.14 Å². The van der Waals surface area contributed by atoms with Crippen molar-refractivity contribution in [1.82, 2.24) is 4.90 Å². The summed E-state index contributed by atoms with van der Waals surface area (Å²) in [5, 5.41) is 5.09. The summed E-state index contributed by atoms with van der Waals surface area (Å²) < 4.78 is 22.4. The molecule has 2 aromatic carbocycles. The van der Waals surface area contributed by atoms with Crippen molar-refractivity contribution in [3.8, 4) is 0 Å². The number of primary sulfonamides is 1. The number of nitrogens with zero attached hydrogens (tertiary/aromatic N) is 1. The van der Waals surface area contributed by atoms with E-state index in [1.54, 1.807) is 16.7 Å². The number of rotatable bonds is 5. The van der Waals surface area contributed by atoms with Gasteiger partial charge in [0.2, 0.25) is 10.0 Å². The lowest BCUT2D eigenvalue weighted by molar-refractivity contribution is 0.0788. The Morgan fingerprint density at radius 1 is 1.08 bits per heavy atom. The summed E-state index contributed by atoms with van der Waals surface area (Å²) >= 11 is 1.64. The second-order valence-electron chi connectivity index (χ2n) is 6.17. The van der Waals surface area contributed by atoms with Crippen LogP contribution in [0.1, 0.15) is 16.8 Å². The molecule has 25 heavy (non-hydrogen) atoms. The maximum Gasteiger partial charge on any atom is 0.253 e. The van der Waals surface area contributed by atoms with Crippen LogP contribution in [0, 0.1) is 5.92 Å². The first-order valence-corrected chi connectivity index (χ1v) is 10.6. The van der Waals surface area contributed by atoms with Gasteiger partial charge in [-0.15, -0.1) is 0 Å². The van der Waals surface area contributed by atoms with Gasteiger partial charge < -0.3 is 4.90 Å². The molecule has 1 fully saturated rings. The number of carbonyl (C=O) groups excluding carboxylic acids is 1. The number of carbonyl (C=O) groups is 1. The number of benzene rings is 2. The highest BCUT2D eigenvalue weighted by atomic mass is 32.2. The molecule has 1 heterocycles. The van der Waals surface area contributed by atoms with Gasteiger partial charge in [-0.1, -0.05) is 30.0 Å². The Hall–Kier alpha value is -1.83. The predicted molar refractivity (Wildman–Crippen MR) is 99.0 cm³/mol. The number of amides is 1. The molecule has 0 aliphatic carbocycles. The summed E-state index contributed by atoms with van der Waals surface area (Å²) in [6.07, 6.45) is 0.671. The SMILES string of the molecule is NS(=O)(=O)CC1CCN(C(=O)c2ccc(Sc3ccccc3)cc2)C1. The fourth-order valence-electron chi connectivity index (χ4n) is 2.95. The van der Waals surface area contributed by atoms with E-state index in [1.165, 1.54) is 0 Å². The van der Waals surface area contributed by atoms with Crippen LogP contribution in [0.5, 0.6) is 0 Å². The van der Waals surface area contributed by atoms with Gasteiger partial charge in [0.15, 0.2) is 0 Å². The van der Waals surface area contributed by atoms with Gasteiger partial charge in [0.05, 0.1) is 5.75 Å². The average Bonchev–Trinajstić information content (AvgIpc) is 3.02. The van der Waals surface area contributed by atoms with Gasteiger partial charge in [0.1, 0.15) is 0 Å². The summed E-state index contributed by atoms with van der Waals surface area (Å²) in [6, 6.07) is 17.5. The molecule has 1 aliphatic rings. The van der Waals surface area contributed by atoms with E-state index in [2.05, 4.69) is 0 Å². The zero-order chi connectivity index (χ0) is 17.9. The molecule has 0 bridgehead atoms. The first-order chi connectivity index (χ1) is 11.9. The van der Waals surface area contributed by atoms with Crippen LogP contribution in [0.25, 0.3) is 0 Å². The second kappa shape index (κ2) is 7.59. The second-order valence-corrected chi connectivity index (χ2v) is 8.98. The Bertz CT molecular complexity index is 836. The van der Waals surface area contributed by atoms with Gasteiger partial charge in [0, 0.05) is 28.4 Å². The Morgan fingerprint density at radius 3 is 2.36 bits per heavy atom. The molecule has 1 atom stereocenters. The van der Waals surface area contributed by atoms with Crippen molar-refractivity contribution >= 4 is 27.7 Å². The van der Waals surface area contributed by atoms with Crippen LogP contribution in [0.4, 0.5) is 0 Å². The largest absolute Gasteiger partial charge is 0.338 e. The Morgan fingerprint density at radius 2 is 1.72 bits per heavy atom. The van der Waals surface area contributed by atoms with E-state index in [4.69, 9.17) is 5.14 Å². The van der Waals surface area contributed by atoms with Gasteiger partial charge >= 0.3 is 0 Å². The number of likely N-dealkylation sites (tertiary alicyclic amines) is 1. The molecule has 2 aromatic rings. The first-order valence-electron chi connectivity index (χ1n) is 8.03. The Labute approximate surface area is 152 Å². The van der Waals surface area contributed by atoms with Crippen molar-refractivity contribution in [3.05, 3.63) is 60.2 Å². The minimum absolute atomic E-state index is 0.0619. The summed E-state index contributed by atoms with van der Waals surface area (Å²) in [5.74, 6) is -0.205. The maximum absolute atomic E-state index is 12.6. The highest BCUT2D eigenvalue weighted by Gasteiger charge is 2.29. The molecule has 1 amide bonds. The van der Waals surface area contributed by atoms with Crippen LogP contribution in [0.3, 0.4) is 0 Å². The molecule has 0 radical (unpaired) electrons. The molecule has 2 N–H and O–H groups in total. The average molecular weight is 377 g/mol.